The van der Waals surface area contributed by atoms with E-state index in [0.717, 1.165) is 15.6 Å². The SMILES string of the molecule is CCOC(C)C(=O)N1Cc2cccc(Br)c2CC1C(=O)O. The molecule has 114 valence electrons. The van der Waals surface area contributed by atoms with Crippen molar-refractivity contribution in [1.82, 2.24) is 4.90 Å². The fourth-order valence-corrected chi connectivity index (χ4v) is 3.15. The molecule has 2 atom stereocenters. The van der Waals surface area contributed by atoms with Crippen LogP contribution in [0.25, 0.3) is 0 Å². The number of aliphatic carboxylic acids is 1. The van der Waals surface area contributed by atoms with Crippen LogP contribution in [0, 0.1) is 0 Å². The molecule has 0 spiro atoms. The number of carboxylic acids is 1. The summed E-state index contributed by atoms with van der Waals surface area (Å²) in [6.45, 7) is 4.17. The first-order chi connectivity index (χ1) is 9.95. The van der Waals surface area contributed by atoms with Crippen LogP contribution in [0.5, 0.6) is 0 Å². The third-order valence-electron chi connectivity index (χ3n) is 3.66. The van der Waals surface area contributed by atoms with Crippen LogP contribution in [0.3, 0.4) is 0 Å². The van der Waals surface area contributed by atoms with Crippen LogP contribution in [0.4, 0.5) is 0 Å². The molecular weight excluding hydrogens is 338 g/mol. The molecule has 0 radical (unpaired) electrons. The van der Waals surface area contributed by atoms with Gasteiger partial charge in [-0.05, 0) is 31.0 Å². The largest absolute Gasteiger partial charge is 0.480 e. The first-order valence-electron chi connectivity index (χ1n) is 6.86. The molecule has 1 N–H and O–H groups in total. The van der Waals surface area contributed by atoms with E-state index in [1.54, 1.807) is 13.8 Å². The highest BCUT2D eigenvalue weighted by Crippen LogP contribution is 2.30. The van der Waals surface area contributed by atoms with Gasteiger partial charge in [-0.25, -0.2) is 4.79 Å². The van der Waals surface area contributed by atoms with Crippen molar-refractivity contribution < 1.29 is 19.4 Å². The van der Waals surface area contributed by atoms with Gasteiger partial charge in [0.05, 0.1) is 0 Å². The smallest absolute Gasteiger partial charge is 0.326 e. The van der Waals surface area contributed by atoms with Gasteiger partial charge in [-0.2, -0.15) is 0 Å². The predicted octanol–water partition coefficient (Wildman–Crippen LogP) is 2.21. The molecule has 1 aliphatic rings. The number of carboxylic acid groups (broad SMARTS) is 1. The van der Waals surface area contributed by atoms with Crippen molar-refractivity contribution in [2.75, 3.05) is 6.61 Å². The second-order valence-electron chi connectivity index (χ2n) is 5.00. The maximum absolute atomic E-state index is 12.4. The van der Waals surface area contributed by atoms with E-state index in [2.05, 4.69) is 15.9 Å². The van der Waals surface area contributed by atoms with Crippen LogP contribution >= 0.6 is 15.9 Å². The predicted molar refractivity (Wildman–Crippen MR) is 80.9 cm³/mol. The highest BCUT2D eigenvalue weighted by molar-refractivity contribution is 9.10. The topological polar surface area (TPSA) is 66.8 Å². The quantitative estimate of drug-likeness (QED) is 0.898. The Hall–Kier alpha value is -1.40. The average Bonchev–Trinajstić information content (AvgIpc) is 2.45. The Morgan fingerprint density at radius 2 is 2.24 bits per heavy atom. The Balaban J connectivity index is 2.32. The number of carbonyl (C=O) groups is 2. The molecule has 2 rings (SSSR count). The zero-order valence-electron chi connectivity index (χ0n) is 12.0. The molecule has 0 aromatic heterocycles. The van der Waals surface area contributed by atoms with E-state index in [-0.39, 0.29) is 5.91 Å². The molecule has 0 bridgehead atoms. The number of hydrogen-bond acceptors (Lipinski definition) is 3. The molecule has 6 heteroatoms. The molecule has 5 nitrogen and oxygen atoms in total. The molecule has 1 heterocycles. The summed E-state index contributed by atoms with van der Waals surface area (Å²) in [5.41, 5.74) is 1.93. The molecule has 0 fully saturated rings. The summed E-state index contributed by atoms with van der Waals surface area (Å²) in [4.78, 5) is 25.3. The summed E-state index contributed by atoms with van der Waals surface area (Å²) in [5.74, 6) is -1.27. The second-order valence-corrected chi connectivity index (χ2v) is 5.85. The third kappa shape index (κ3) is 3.27. The molecule has 1 aliphatic heterocycles. The van der Waals surface area contributed by atoms with E-state index in [1.165, 1.54) is 4.90 Å². The first kappa shape index (κ1) is 16.0. The van der Waals surface area contributed by atoms with Gasteiger partial charge < -0.3 is 14.7 Å². The van der Waals surface area contributed by atoms with Crippen molar-refractivity contribution in [3.8, 4) is 0 Å². The number of nitrogens with zero attached hydrogens (tertiary/aromatic N) is 1. The lowest BCUT2D eigenvalue weighted by molar-refractivity contribution is -0.156. The van der Waals surface area contributed by atoms with Gasteiger partial charge in [0.1, 0.15) is 12.1 Å². The molecule has 2 unspecified atom stereocenters. The van der Waals surface area contributed by atoms with Crippen molar-refractivity contribution in [2.45, 2.75) is 39.0 Å². The Kier molecular flexibility index (Phi) is 5.00. The Morgan fingerprint density at radius 1 is 1.52 bits per heavy atom. The monoisotopic (exact) mass is 355 g/mol. The Bertz CT molecular complexity index is 561. The number of halogens is 1. The number of fused-ring (bicyclic) bond motifs is 1. The van der Waals surface area contributed by atoms with Crippen LogP contribution in [-0.2, 0) is 27.3 Å². The van der Waals surface area contributed by atoms with Gasteiger partial charge in [0.25, 0.3) is 5.91 Å². The van der Waals surface area contributed by atoms with Gasteiger partial charge in [-0.3, -0.25) is 4.79 Å². The molecule has 1 amide bonds. The van der Waals surface area contributed by atoms with Crippen LogP contribution in [0.2, 0.25) is 0 Å². The summed E-state index contributed by atoms with van der Waals surface area (Å²) in [5, 5.41) is 9.44. The number of rotatable bonds is 4. The Morgan fingerprint density at radius 3 is 2.86 bits per heavy atom. The van der Waals surface area contributed by atoms with Gasteiger partial charge in [-0.1, -0.05) is 28.1 Å². The van der Waals surface area contributed by atoms with Crippen LogP contribution < -0.4 is 0 Å². The highest BCUT2D eigenvalue weighted by atomic mass is 79.9. The van der Waals surface area contributed by atoms with Gasteiger partial charge in [-0.15, -0.1) is 0 Å². The lowest BCUT2D eigenvalue weighted by atomic mass is 9.93. The number of ether oxygens (including phenoxy) is 1. The number of carbonyl (C=O) groups excluding carboxylic acids is 1. The third-order valence-corrected chi connectivity index (χ3v) is 4.41. The summed E-state index contributed by atoms with van der Waals surface area (Å²) in [6.07, 6.45) is -0.331. The van der Waals surface area contributed by atoms with Gasteiger partial charge >= 0.3 is 5.97 Å². The summed E-state index contributed by atoms with van der Waals surface area (Å²) < 4.78 is 6.19. The van der Waals surface area contributed by atoms with Crippen LogP contribution in [0.15, 0.2) is 22.7 Å². The summed E-state index contributed by atoms with van der Waals surface area (Å²) in [6, 6.07) is 4.84. The average molecular weight is 356 g/mol. The summed E-state index contributed by atoms with van der Waals surface area (Å²) >= 11 is 3.45. The number of benzene rings is 1. The van der Waals surface area contributed by atoms with E-state index in [9.17, 15) is 14.7 Å². The normalized spacial score (nSPS) is 19.0. The van der Waals surface area contributed by atoms with E-state index in [0.29, 0.717) is 19.6 Å². The standard InChI is InChI=1S/C15H18BrNO4/c1-3-21-9(2)14(18)17-8-10-5-4-6-12(16)11(10)7-13(17)15(19)20/h4-6,9,13H,3,7-8H2,1-2H3,(H,19,20). The molecule has 0 saturated carbocycles. The maximum Gasteiger partial charge on any atom is 0.326 e. The minimum Gasteiger partial charge on any atom is -0.480 e. The van der Waals surface area contributed by atoms with E-state index in [1.807, 2.05) is 18.2 Å². The minimum atomic E-state index is -0.992. The van der Waals surface area contributed by atoms with Gasteiger partial charge in [0.15, 0.2) is 0 Å². The maximum atomic E-state index is 12.4. The zero-order valence-corrected chi connectivity index (χ0v) is 13.6. The van der Waals surface area contributed by atoms with E-state index >= 15 is 0 Å². The number of amides is 1. The van der Waals surface area contributed by atoms with Gasteiger partial charge in [0, 0.05) is 24.0 Å². The van der Waals surface area contributed by atoms with Crippen molar-refractivity contribution in [1.29, 1.82) is 0 Å². The van der Waals surface area contributed by atoms with Crippen molar-refractivity contribution >= 4 is 27.8 Å². The number of hydrogen-bond donors (Lipinski definition) is 1. The first-order valence-corrected chi connectivity index (χ1v) is 7.66. The van der Waals surface area contributed by atoms with E-state index < -0.39 is 18.1 Å². The van der Waals surface area contributed by atoms with Gasteiger partial charge in [0.2, 0.25) is 0 Å². The molecule has 0 saturated heterocycles. The molecule has 1 aromatic carbocycles. The zero-order chi connectivity index (χ0) is 15.6. The molecule has 21 heavy (non-hydrogen) atoms. The second kappa shape index (κ2) is 6.58. The molecule has 1 aromatic rings. The lowest BCUT2D eigenvalue weighted by Gasteiger charge is -2.36. The lowest BCUT2D eigenvalue weighted by Crippen LogP contribution is -2.51. The Labute approximate surface area is 132 Å². The molecule has 0 aliphatic carbocycles. The summed E-state index contributed by atoms with van der Waals surface area (Å²) in [7, 11) is 0. The van der Waals surface area contributed by atoms with E-state index in [4.69, 9.17) is 4.74 Å². The fraction of sp³-hybridized carbons (Fsp3) is 0.467. The van der Waals surface area contributed by atoms with Crippen LogP contribution in [-0.4, -0.2) is 40.6 Å². The van der Waals surface area contributed by atoms with Crippen molar-refractivity contribution in [3.63, 3.8) is 0 Å². The molecular formula is C15H18BrNO4. The minimum absolute atomic E-state index is 0.283. The van der Waals surface area contributed by atoms with Crippen molar-refractivity contribution in [2.24, 2.45) is 0 Å². The van der Waals surface area contributed by atoms with Crippen LogP contribution in [0.1, 0.15) is 25.0 Å². The highest BCUT2D eigenvalue weighted by Gasteiger charge is 2.37. The van der Waals surface area contributed by atoms with Crippen molar-refractivity contribution in [3.05, 3.63) is 33.8 Å². The fourth-order valence-electron chi connectivity index (χ4n) is 2.58.